The van der Waals surface area contributed by atoms with E-state index in [1.807, 2.05) is 0 Å². The molecule has 0 unspecified atom stereocenters. The summed E-state index contributed by atoms with van der Waals surface area (Å²) in [6.07, 6.45) is 21.4. The van der Waals surface area contributed by atoms with Gasteiger partial charge in [0, 0.05) is 56.6 Å². The Bertz CT molecular complexity index is 4110. The van der Waals surface area contributed by atoms with E-state index < -0.39 is 0 Å². The van der Waals surface area contributed by atoms with Crippen molar-refractivity contribution in [3.8, 4) is 44.5 Å². The summed E-state index contributed by atoms with van der Waals surface area (Å²) in [5.41, 5.74) is 27.2. The van der Waals surface area contributed by atoms with E-state index in [9.17, 15) is 0 Å². The maximum atomic E-state index is 2.58. The van der Waals surface area contributed by atoms with E-state index in [1.165, 1.54) is 181 Å². The van der Waals surface area contributed by atoms with Crippen molar-refractivity contribution in [2.45, 2.75) is 149 Å². The number of rotatable bonds is 29. The Morgan fingerprint density at radius 2 is 0.598 bits per heavy atom. The lowest BCUT2D eigenvalue weighted by molar-refractivity contribution is 0.401. The zero-order valence-electron chi connectivity index (χ0n) is 55.3. The van der Waals surface area contributed by atoms with Crippen LogP contribution in [0.15, 0.2) is 267 Å². The van der Waals surface area contributed by atoms with Crippen LogP contribution in [0.5, 0.6) is 0 Å². The summed E-state index contributed by atoms with van der Waals surface area (Å²) in [5.74, 6) is 0. The minimum Gasteiger partial charge on any atom is -0.310 e. The van der Waals surface area contributed by atoms with E-state index >= 15 is 0 Å². The van der Waals surface area contributed by atoms with Gasteiger partial charge in [0.25, 0.3) is 0 Å². The van der Waals surface area contributed by atoms with E-state index in [0.717, 1.165) is 51.9 Å². The summed E-state index contributed by atoms with van der Waals surface area (Å²) >= 11 is 0. The molecule has 0 spiro atoms. The first-order valence-electron chi connectivity index (χ1n) is 34.8. The Balaban J connectivity index is 0.872. The molecule has 0 bridgehead atoms. The first-order chi connectivity index (χ1) is 45.3. The Kier molecular flexibility index (Phi) is 20.7. The van der Waals surface area contributed by atoms with Gasteiger partial charge in [-0.25, -0.2) is 0 Å². The number of para-hydroxylation sites is 3. The molecule has 3 nitrogen and oxygen atoms in total. The summed E-state index contributed by atoms with van der Waals surface area (Å²) in [6.45, 7) is 11.5. The Morgan fingerprint density at radius 3 is 1.09 bits per heavy atom. The van der Waals surface area contributed by atoms with Gasteiger partial charge < -0.3 is 14.7 Å². The van der Waals surface area contributed by atoms with Crippen LogP contribution in [0.4, 0.5) is 51.2 Å². The molecule has 0 saturated carbocycles. The van der Waals surface area contributed by atoms with Gasteiger partial charge in [0.15, 0.2) is 0 Å². The molecular weight excluding hydrogens is 1110 g/mol. The van der Waals surface area contributed by atoms with Crippen LogP contribution in [0.25, 0.3) is 44.5 Å². The van der Waals surface area contributed by atoms with Crippen molar-refractivity contribution in [1.29, 1.82) is 0 Å². The normalized spacial score (nSPS) is 12.1. The molecule has 11 aromatic carbocycles. The summed E-state index contributed by atoms with van der Waals surface area (Å²) in [4.78, 5) is 7.29. The van der Waals surface area contributed by atoms with Gasteiger partial charge in [-0.3, -0.25) is 0 Å². The summed E-state index contributed by atoms with van der Waals surface area (Å²) in [5, 5.41) is 0. The van der Waals surface area contributed by atoms with Gasteiger partial charge in [-0.1, -0.05) is 256 Å². The SMILES string of the molecule is CCCCCCCCc1ccc(N(c2cccc(-c3cccc(-c4cccc(N(c5ccccc5)c5ccc6c(c5)C(CCCCCC)(CCCCCC)c5ccccc5-6)c4)c3)c2)c2ccc(-c3ccc(N(c4ccccc4)c4ccccc4)cc3C)c(C)c2)cc1. The number of hydrogen-bond donors (Lipinski definition) is 0. The highest BCUT2D eigenvalue weighted by Gasteiger charge is 2.42. The average molecular weight is 1200 g/mol. The summed E-state index contributed by atoms with van der Waals surface area (Å²) in [6, 6.07) is 100. The van der Waals surface area contributed by atoms with Crippen molar-refractivity contribution in [3.63, 3.8) is 0 Å². The number of fused-ring (bicyclic) bond motifs is 3. The maximum absolute atomic E-state index is 2.58. The first-order valence-corrected chi connectivity index (χ1v) is 34.8. The van der Waals surface area contributed by atoms with Gasteiger partial charge in [0.05, 0.1) is 0 Å². The zero-order chi connectivity index (χ0) is 63.1. The Hall–Kier alpha value is -9.18. The molecule has 0 aliphatic heterocycles. The van der Waals surface area contributed by atoms with Crippen molar-refractivity contribution in [3.05, 3.63) is 295 Å². The number of benzene rings is 11. The number of nitrogens with zero attached hydrogens (tertiary/aromatic N) is 3. The molecule has 0 amide bonds. The van der Waals surface area contributed by atoms with E-state index in [4.69, 9.17) is 0 Å². The van der Waals surface area contributed by atoms with Crippen molar-refractivity contribution in [2.24, 2.45) is 0 Å². The number of aryl methyl sites for hydroxylation is 3. The molecule has 0 saturated heterocycles. The number of anilines is 9. The molecule has 3 heteroatoms. The largest absolute Gasteiger partial charge is 0.310 e. The molecule has 11 aromatic rings. The molecule has 0 atom stereocenters. The van der Waals surface area contributed by atoms with E-state index in [1.54, 1.807) is 0 Å². The Morgan fingerprint density at radius 1 is 0.250 bits per heavy atom. The third kappa shape index (κ3) is 14.1. The van der Waals surface area contributed by atoms with Gasteiger partial charge in [-0.05, 0) is 227 Å². The van der Waals surface area contributed by atoms with Crippen LogP contribution in [0.2, 0.25) is 0 Å². The number of unbranched alkanes of at least 4 members (excludes halogenated alkanes) is 11. The summed E-state index contributed by atoms with van der Waals surface area (Å²) in [7, 11) is 0. The lowest BCUT2D eigenvalue weighted by Crippen LogP contribution is -2.26. The smallest absolute Gasteiger partial charge is 0.0467 e. The predicted octanol–water partition coefficient (Wildman–Crippen LogP) is 26.8. The second-order valence-corrected chi connectivity index (χ2v) is 25.9. The molecule has 0 N–H and O–H groups in total. The minimum atomic E-state index is -0.00740. The van der Waals surface area contributed by atoms with Gasteiger partial charge in [0.1, 0.15) is 0 Å². The lowest BCUT2D eigenvalue weighted by Gasteiger charge is -2.34. The fraction of sp³-hybridized carbons (Fsp3) is 0.258. The highest BCUT2D eigenvalue weighted by Crippen LogP contribution is 2.56. The quantitative estimate of drug-likeness (QED) is 0.0433. The fourth-order valence-corrected chi connectivity index (χ4v) is 14.7. The molecule has 92 heavy (non-hydrogen) atoms. The van der Waals surface area contributed by atoms with Crippen molar-refractivity contribution in [2.75, 3.05) is 14.7 Å². The molecule has 0 heterocycles. The lowest BCUT2D eigenvalue weighted by atomic mass is 9.70. The van der Waals surface area contributed by atoms with Crippen molar-refractivity contribution < 1.29 is 0 Å². The molecule has 0 aromatic heterocycles. The molecule has 464 valence electrons. The van der Waals surface area contributed by atoms with E-state index in [2.05, 4.69) is 316 Å². The Labute approximate surface area is 551 Å². The van der Waals surface area contributed by atoms with Crippen LogP contribution in [0.3, 0.4) is 0 Å². The topological polar surface area (TPSA) is 9.72 Å². The third-order valence-electron chi connectivity index (χ3n) is 19.4. The zero-order valence-corrected chi connectivity index (χ0v) is 55.3. The molecule has 1 aliphatic rings. The molecule has 0 radical (unpaired) electrons. The highest BCUT2D eigenvalue weighted by molar-refractivity contribution is 5.89. The predicted molar refractivity (Wildman–Crippen MR) is 397 cm³/mol. The van der Waals surface area contributed by atoms with Gasteiger partial charge in [0.2, 0.25) is 0 Å². The highest BCUT2D eigenvalue weighted by atomic mass is 15.2. The standard InChI is InChI=1S/C89H93N3/c1-6-9-12-15-16-20-34-69-49-51-77(52-50-69)92(81-54-57-84(68(5)62-81)83-56-53-80(61-67(83)4)90(74-39-21-17-22-40-74)75-41-23-18-24-42-75)79-46-33-38-73(65-79)71-36-31-35-70(63-71)72-37-32-45-78(64-72)91(76-43-25-19-26-44-76)82-55-58-86-85-47-27-28-48-87(85)89(88(86)66-82,59-29-13-10-7-2)60-30-14-11-8-3/h17-19,21-28,31-33,35-58,61-66H,6-16,20,29-30,34,59-60H2,1-5H3. The van der Waals surface area contributed by atoms with Crippen LogP contribution >= 0.6 is 0 Å². The monoisotopic (exact) mass is 1200 g/mol. The minimum absolute atomic E-state index is 0.00740. The van der Waals surface area contributed by atoms with E-state index in [-0.39, 0.29) is 5.41 Å². The summed E-state index contributed by atoms with van der Waals surface area (Å²) < 4.78 is 0. The van der Waals surface area contributed by atoms with Crippen molar-refractivity contribution >= 4 is 51.2 Å². The average Bonchev–Trinajstić information content (AvgIpc) is 1.56. The van der Waals surface area contributed by atoms with Crippen LogP contribution in [-0.4, -0.2) is 0 Å². The first kappa shape index (κ1) is 63.0. The van der Waals surface area contributed by atoms with Crippen LogP contribution in [0, 0.1) is 13.8 Å². The molecule has 12 rings (SSSR count). The van der Waals surface area contributed by atoms with Crippen LogP contribution in [-0.2, 0) is 11.8 Å². The maximum Gasteiger partial charge on any atom is 0.0467 e. The van der Waals surface area contributed by atoms with Crippen LogP contribution in [0.1, 0.15) is 151 Å². The van der Waals surface area contributed by atoms with Gasteiger partial charge in [-0.15, -0.1) is 0 Å². The van der Waals surface area contributed by atoms with Crippen LogP contribution < -0.4 is 14.7 Å². The molecule has 0 fully saturated rings. The second kappa shape index (κ2) is 30.3. The fourth-order valence-electron chi connectivity index (χ4n) is 14.7. The van der Waals surface area contributed by atoms with E-state index in [0.29, 0.717) is 0 Å². The second-order valence-electron chi connectivity index (χ2n) is 25.9. The van der Waals surface area contributed by atoms with Gasteiger partial charge in [-0.2, -0.15) is 0 Å². The molecule has 1 aliphatic carbocycles. The molecular formula is C89H93N3. The third-order valence-corrected chi connectivity index (χ3v) is 19.4. The van der Waals surface area contributed by atoms with Crippen molar-refractivity contribution in [1.82, 2.24) is 0 Å². The van der Waals surface area contributed by atoms with Gasteiger partial charge >= 0.3 is 0 Å². The number of hydrogen-bond acceptors (Lipinski definition) is 3.